The maximum atomic E-state index is 4.19. The van der Waals surface area contributed by atoms with E-state index in [0.29, 0.717) is 0 Å². The molecule has 0 spiro atoms. The number of hydrogen-bond acceptors (Lipinski definition) is 3. The first kappa shape index (κ1) is 11.4. The lowest BCUT2D eigenvalue weighted by atomic mass is 10.1. The Bertz CT molecular complexity index is 350. The van der Waals surface area contributed by atoms with E-state index in [2.05, 4.69) is 42.5 Å². The largest absolute Gasteiger partial charge is 0.380 e. The molecule has 1 aromatic heterocycles. The molecule has 0 bridgehead atoms. The summed E-state index contributed by atoms with van der Waals surface area (Å²) in [6.45, 7) is 7.43. The standard InChI is InChI=1S/C13H21N3/c1-13(2,3)16-12-6-7-14-8-10(12)9-15-11-4-5-11/h6-8,11,15H,4-5,9H2,1-3H3,(H,14,16). The van der Waals surface area contributed by atoms with Gasteiger partial charge < -0.3 is 10.6 Å². The van der Waals surface area contributed by atoms with Crippen LogP contribution in [0.2, 0.25) is 0 Å². The fourth-order valence-electron chi connectivity index (χ4n) is 1.64. The van der Waals surface area contributed by atoms with Gasteiger partial charge in [0.25, 0.3) is 0 Å². The molecule has 1 saturated carbocycles. The average molecular weight is 219 g/mol. The molecule has 3 nitrogen and oxygen atoms in total. The molecule has 2 rings (SSSR count). The molecule has 0 radical (unpaired) electrons. The normalized spacial score (nSPS) is 16.2. The van der Waals surface area contributed by atoms with Crippen LogP contribution in [0.4, 0.5) is 5.69 Å². The maximum absolute atomic E-state index is 4.19. The molecule has 1 aromatic rings. The summed E-state index contributed by atoms with van der Waals surface area (Å²) < 4.78 is 0. The van der Waals surface area contributed by atoms with E-state index < -0.39 is 0 Å². The van der Waals surface area contributed by atoms with E-state index in [1.807, 2.05) is 12.4 Å². The highest BCUT2D eigenvalue weighted by Gasteiger charge is 2.20. The van der Waals surface area contributed by atoms with Crippen molar-refractivity contribution in [3.8, 4) is 0 Å². The van der Waals surface area contributed by atoms with Crippen molar-refractivity contribution in [3.05, 3.63) is 24.0 Å². The van der Waals surface area contributed by atoms with Crippen molar-refractivity contribution in [2.75, 3.05) is 5.32 Å². The molecule has 88 valence electrons. The van der Waals surface area contributed by atoms with Crippen LogP contribution in [0.15, 0.2) is 18.5 Å². The van der Waals surface area contributed by atoms with Crippen molar-refractivity contribution in [1.82, 2.24) is 10.3 Å². The Balaban J connectivity index is 2.03. The number of aromatic nitrogens is 1. The zero-order chi connectivity index (χ0) is 11.6. The Labute approximate surface area is 97.7 Å². The molecular formula is C13H21N3. The van der Waals surface area contributed by atoms with Gasteiger partial charge in [0.1, 0.15) is 0 Å². The van der Waals surface area contributed by atoms with Gasteiger partial charge in [-0.2, -0.15) is 0 Å². The van der Waals surface area contributed by atoms with E-state index in [1.54, 1.807) is 0 Å². The van der Waals surface area contributed by atoms with Gasteiger partial charge >= 0.3 is 0 Å². The number of pyridine rings is 1. The van der Waals surface area contributed by atoms with Crippen LogP contribution in [0.3, 0.4) is 0 Å². The summed E-state index contributed by atoms with van der Waals surface area (Å²) in [5.41, 5.74) is 2.54. The van der Waals surface area contributed by atoms with Crippen LogP contribution in [0.25, 0.3) is 0 Å². The lowest BCUT2D eigenvalue weighted by molar-refractivity contribution is 0.628. The van der Waals surface area contributed by atoms with E-state index in [4.69, 9.17) is 0 Å². The molecule has 16 heavy (non-hydrogen) atoms. The lowest BCUT2D eigenvalue weighted by Gasteiger charge is -2.24. The van der Waals surface area contributed by atoms with Crippen LogP contribution >= 0.6 is 0 Å². The van der Waals surface area contributed by atoms with Gasteiger partial charge in [-0.05, 0) is 39.7 Å². The first-order valence-electron chi connectivity index (χ1n) is 5.99. The summed E-state index contributed by atoms with van der Waals surface area (Å²) in [5, 5.41) is 7.03. The van der Waals surface area contributed by atoms with Crippen LogP contribution in [0.5, 0.6) is 0 Å². The molecule has 0 atom stereocenters. The van der Waals surface area contributed by atoms with Crippen molar-refractivity contribution in [1.29, 1.82) is 0 Å². The van der Waals surface area contributed by atoms with Crippen LogP contribution in [0.1, 0.15) is 39.2 Å². The summed E-state index contributed by atoms with van der Waals surface area (Å²) in [6.07, 6.45) is 6.43. The monoisotopic (exact) mass is 219 g/mol. The summed E-state index contributed by atoms with van der Waals surface area (Å²) in [5.74, 6) is 0. The van der Waals surface area contributed by atoms with Gasteiger partial charge in [0.05, 0.1) is 0 Å². The Hall–Kier alpha value is -1.09. The lowest BCUT2D eigenvalue weighted by Crippen LogP contribution is -2.27. The van der Waals surface area contributed by atoms with Crippen molar-refractivity contribution >= 4 is 5.69 Å². The minimum absolute atomic E-state index is 0.0929. The van der Waals surface area contributed by atoms with Gasteiger partial charge in [0.2, 0.25) is 0 Å². The fourth-order valence-corrected chi connectivity index (χ4v) is 1.64. The van der Waals surface area contributed by atoms with Gasteiger partial charge in [0, 0.05) is 41.8 Å². The minimum Gasteiger partial charge on any atom is -0.380 e. The van der Waals surface area contributed by atoms with E-state index in [9.17, 15) is 0 Å². The molecule has 1 fully saturated rings. The number of rotatable bonds is 4. The van der Waals surface area contributed by atoms with E-state index in [0.717, 1.165) is 12.6 Å². The number of anilines is 1. The maximum Gasteiger partial charge on any atom is 0.0420 e. The van der Waals surface area contributed by atoms with Crippen molar-refractivity contribution in [2.24, 2.45) is 0 Å². The second-order valence-electron chi connectivity index (χ2n) is 5.56. The Kier molecular flexibility index (Phi) is 3.15. The van der Waals surface area contributed by atoms with E-state index >= 15 is 0 Å². The first-order valence-corrected chi connectivity index (χ1v) is 5.99. The second kappa shape index (κ2) is 4.42. The molecule has 1 aliphatic rings. The molecule has 0 saturated heterocycles. The quantitative estimate of drug-likeness (QED) is 0.817. The molecule has 0 amide bonds. The number of nitrogens with one attached hydrogen (secondary N) is 2. The highest BCUT2D eigenvalue weighted by atomic mass is 15.0. The smallest absolute Gasteiger partial charge is 0.0420 e. The minimum atomic E-state index is 0.0929. The van der Waals surface area contributed by atoms with Crippen LogP contribution in [-0.2, 0) is 6.54 Å². The Morgan fingerprint density at radius 2 is 2.12 bits per heavy atom. The van der Waals surface area contributed by atoms with Gasteiger partial charge in [-0.15, -0.1) is 0 Å². The SMILES string of the molecule is CC(C)(C)Nc1ccncc1CNC1CC1. The van der Waals surface area contributed by atoms with Crippen molar-refractivity contribution in [2.45, 2.75) is 51.7 Å². The summed E-state index contributed by atoms with van der Waals surface area (Å²) in [4.78, 5) is 4.19. The third-order valence-corrected chi connectivity index (χ3v) is 2.57. The zero-order valence-corrected chi connectivity index (χ0v) is 10.4. The average Bonchev–Trinajstić information content (AvgIpc) is 2.98. The predicted molar refractivity (Wildman–Crippen MR) is 67.5 cm³/mol. The summed E-state index contributed by atoms with van der Waals surface area (Å²) >= 11 is 0. The number of nitrogens with zero attached hydrogens (tertiary/aromatic N) is 1. The van der Waals surface area contributed by atoms with Crippen LogP contribution in [0, 0.1) is 0 Å². The van der Waals surface area contributed by atoms with Crippen LogP contribution in [-0.4, -0.2) is 16.6 Å². The number of hydrogen-bond donors (Lipinski definition) is 2. The summed E-state index contributed by atoms with van der Waals surface area (Å²) in [6, 6.07) is 2.79. The van der Waals surface area contributed by atoms with E-state index in [1.165, 1.54) is 24.1 Å². The van der Waals surface area contributed by atoms with Crippen LogP contribution < -0.4 is 10.6 Å². The molecule has 2 N–H and O–H groups in total. The van der Waals surface area contributed by atoms with Crippen molar-refractivity contribution in [3.63, 3.8) is 0 Å². The third kappa shape index (κ3) is 3.49. The molecule has 0 aliphatic heterocycles. The van der Waals surface area contributed by atoms with Gasteiger partial charge in [-0.1, -0.05) is 0 Å². The van der Waals surface area contributed by atoms with Gasteiger partial charge in [0.15, 0.2) is 0 Å². The second-order valence-corrected chi connectivity index (χ2v) is 5.56. The first-order chi connectivity index (χ1) is 7.54. The molecule has 3 heteroatoms. The molecule has 0 aromatic carbocycles. The fraction of sp³-hybridized carbons (Fsp3) is 0.615. The zero-order valence-electron chi connectivity index (χ0n) is 10.4. The highest BCUT2D eigenvalue weighted by molar-refractivity contribution is 5.51. The van der Waals surface area contributed by atoms with Gasteiger partial charge in [-0.25, -0.2) is 0 Å². The summed E-state index contributed by atoms with van der Waals surface area (Å²) in [7, 11) is 0. The van der Waals surface area contributed by atoms with Gasteiger partial charge in [-0.3, -0.25) is 4.98 Å². The molecule has 1 heterocycles. The third-order valence-electron chi connectivity index (χ3n) is 2.57. The Morgan fingerprint density at radius 1 is 1.38 bits per heavy atom. The predicted octanol–water partition coefficient (Wildman–Crippen LogP) is 2.54. The van der Waals surface area contributed by atoms with E-state index in [-0.39, 0.29) is 5.54 Å². The molecular weight excluding hydrogens is 198 g/mol. The highest BCUT2D eigenvalue weighted by Crippen LogP contribution is 2.22. The molecule has 0 unspecified atom stereocenters. The topological polar surface area (TPSA) is 37.0 Å². The Morgan fingerprint density at radius 3 is 2.75 bits per heavy atom. The molecule has 1 aliphatic carbocycles. The van der Waals surface area contributed by atoms with Crippen molar-refractivity contribution < 1.29 is 0 Å².